The number of aromatic amines is 2. The van der Waals surface area contributed by atoms with Gasteiger partial charge in [-0.3, -0.25) is 9.59 Å². The fourth-order valence-electron chi connectivity index (χ4n) is 8.20. The first-order valence-electron chi connectivity index (χ1n) is 19.4. The molecule has 6 rings (SSSR count). The number of aromatic nitrogens is 4. The number of rotatable bonds is 12. The number of nitrogens with one attached hydrogen (secondary N) is 4. The van der Waals surface area contributed by atoms with Gasteiger partial charge in [0.2, 0.25) is 11.8 Å². The molecular formula is C41H52N8O8. The second kappa shape index (κ2) is 17.1. The van der Waals surface area contributed by atoms with Crippen molar-refractivity contribution in [1.29, 1.82) is 0 Å². The lowest BCUT2D eigenvalue weighted by Crippen LogP contribution is -2.51. The summed E-state index contributed by atoms with van der Waals surface area (Å²) in [5.41, 5.74) is 1.58. The number of imidazole rings is 2. The summed E-state index contributed by atoms with van der Waals surface area (Å²) in [7, 11) is 2.51. The Morgan fingerprint density at radius 1 is 0.789 bits per heavy atom. The van der Waals surface area contributed by atoms with E-state index in [4.69, 9.17) is 19.4 Å². The third kappa shape index (κ3) is 8.16. The fourth-order valence-corrected chi connectivity index (χ4v) is 8.20. The molecule has 2 fully saturated rings. The van der Waals surface area contributed by atoms with E-state index in [1.165, 1.54) is 14.2 Å². The third-order valence-electron chi connectivity index (χ3n) is 11.3. The summed E-state index contributed by atoms with van der Waals surface area (Å²) in [6, 6.07) is 6.87. The molecule has 1 aromatic carbocycles. The molecular weight excluding hydrogens is 732 g/mol. The van der Waals surface area contributed by atoms with Crippen molar-refractivity contribution in [3.05, 3.63) is 89.1 Å². The molecule has 57 heavy (non-hydrogen) atoms. The minimum atomic E-state index is -1.12. The number of carbonyl (C=O) groups excluding carboxylic acids is 4. The average molecular weight is 785 g/mol. The van der Waals surface area contributed by atoms with Crippen molar-refractivity contribution >= 4 is 35.5 Å². The first-order chi connectivity index (χ1) is 27.3. The zero-order chi connectivity index (χ0) is 41.0. The van der Waals surface area contributed by atoms with Crippen LogP contribution in [0.25, 0.3) is 5.57 Å². The first kappa shape index (κ1) is 40.7. The lowest BCUT2D eigenvalue weighted by Gasteiger charge is -2.33. The van der Waals surface area contributed by atoms with Gasteiger partial charge in [-0.25, -0.2) is 24.4 Å². The van der Waals surface area contributed by atoms with Crippen LogP contribution in [0.4, 0.5) is 9.59 Å². The van der Waals surface area contributed by atoms with E-state index in [2.05, 4.69) is 20.6 Å². The number of ether oxygens (including phenoxy) is 2. The summed E-state index contributed by atoms with van der Waals surface area (Å²) in [5, 5.41) is 16.0. The van der Waals surface area contributed by atoms with E-state index >= 15 is 0 Å². The molecule has 2 saturated heterocycles. The van der Waals surface area contributed by atoms with Crippen LogP contribution in [-0.2, 0) is 29.3 Å². The number of likely N-dealkylation sites (tertiary alicyclic amines) is 2. The number of allylic oxidation sites excluding steroid dienone is 3. The molecule has 1 aliphatic carbocycles. The smallest absolute Gasteiger partial charge is 0.407 e. The summed E-state index contributed by atoms with van der Waals surface area (Å²) in [4.78, 5) is 85.3. The summed E-state index contributed by atoms with van der Waals surface area (Å²) in [5.74, 6) is -0.918. The summed E-state index contributed by atoms with van der Waals surface area (Å²) in [6.45, 7) is 8.35. The molecule has 0 spiro atoms. The molecule has 4 atom stereocenters. The van der Waals surface area contributed by atoms with Gasteiger partial charge in [-0.15, -0.1) is 0 Å². The second-order valence-electron chi connectivity index (χ2n) is 15.5. The Labute approximate surface area is 331 Å². The molecule has 0 radical (unpaired) electrons. The van der Waals surface area contributed by atoms with Gasteiger partial charge in [0.05, 0.1) is 43.1 Å². The zero-order valence-corrected chi connectivity index (χ0v) is 33.2. The van der Waals surface area contributed by atoms with Gasteiger partial charge in [0.15, 0.2) is 0 Å². The lowest BCUT2D eigenvalue weighted by molar-refractivity contribution is -0.136. The maximum absolute atomic E-state index is 13.9. The highest BCUT2D eigenvalue weighted by molar-refractivity contribution is 6.00. The van der Waals surface area contributed by atoms with E-state index in [-0.39, 0.29) is 35.6 Å². The number of H-pyrrole nitrogens is 2. The number of alkyl carbamates (subject to hydrolysis) is 2. The minimum absolute atomic E-state index is 0.0316. The van der Waals surface area contributed by atoms with Crippen molar-refractivity contribution in [1.82, 2.24) is 40.4 Å². The molecule has 4 heterocycles. The highest BCUT2D eigenvalue weighted by Gasteiger charge is 2.44. The van der Waals surface area contributed by atoms with Gasteiger partial charge in [-0.1, -0.05) is 70.2 Å². The van der Waals surface area contributed by atoms with Crippen LogP contribution in [0, 0.1) is 11.8 Å². The predicted molar refractivity (Wildman–Crippen MR) is 208 cm³/mol. The third-order valence-corrected chi connectivity index (χ3v) is 11.3. The number of aliphatic carboxylic acids is 1. The minimum Gasteiger partial charge on any atom is -0.478 e. The maximum atomic E-state index is 13.9. The molecule has 0 saturated carbocycles. The largest absolute Gasteiger partial charge is 0.478 e. The Morgan fingerprint density at radius 3 is 1.68 bits per heavy atom. The highest BCUT2D eigenvalue weighted by atomic mass is 16.5. The van der Waals surface area contributed by atoms with Crippen molar-refractivity contribution in [2.24, 2.45) is 11.8 Å². The standard InChI is InChI=1S/C41H52N8O8/c1-23(2)32(46-39(54)56-5)36(50)48-18-10-14-28(48)34-42-21-30(44-34)41(17-16-26(27(20-41)38(52)53)25-12-8-7-9-13-25)31-22-43-35(45-31)29-15-11-19-49(29)37(51)33(24(3)4)47-40(55)57-6/h7-9,12-13,16-17,21-24,28-29,32-33H,10-11,14-15,18-20H2,1-6H3,(H,42,44)(H,43,45)(H,46,54)(H,47,55)(H,52,53)/t28-,29-,32-,33-/m0/s1. The SMILES string of the molecule is COC(=O)N[C@H](C(=O)N1CCC[C@H]1c1ncc(C2(c3cnc([C@@H]4CCCN4C(=O)[C@@H](NC(=O)OC)C(C)C)[nH]3)C=CC(c3ccccc3)=C(C(=O)O)C2)[nH]1)C(C)C. The van der Waals surface area contributed by atoms with E-state index in [1.54, 1.807) is 22.2 Å². The second-order valence-corrected chi connectivity index (χ2v) is 15.5. The van der Waals surface area contributed by atoms with Crippen LogP contribution in [0.5, 0.6) is 0 Å². The van der Waals surface area contributed by atoms with Crippen LogP contribution < -0.4 is 10.6 Å². The van der Waals surface area contributed by atoms with Crippen molar-refractivity contribution in [3.8, 4) is 0 Å². The van der Waals surface area contributed by atoms with Crippen molar-refractivity contribution in [3.63, 3.8) is 0 Å². The topological polar surface area (TPSA) is 212 Å². The number of methoxy groups -OCH3 is 2. The van der Waals surface area contributed by atoms with Crippen LogP contribution in [0.1, 0.15) is 100 Å². The van der Waals surface area contributed by atoms with Crippen molar-refractivity contribution in [2.45, 2.75) is 89.4 Å². The van der Waals surface area contributed by atoms with Gasteiger partial charge in [0.25, 0.3) is 0 Å². The van der Waals surface area contributed by atoms with Crippen LogP contribution >= 0.6 is 0 Å². The van der Waals surface area contributed by atoms with Crippen molar-refractivity contribution < 1.29 is 38.6 Å². The number of amides is 4. The molecule has 304 valence electrons. The molecule has 16 heteroatoms. The van der Waals surface area contributed by atoms with Crippen LogP contribution in [-0.4, -0.2) is 104 Å². The van der Waals surface area contributed by atoms with Gasteiger partial charge in [0, 0.05) is 37.5 Å². The number of nitrogens with zero attached hydrogens (tertiary/aromatic N) is 4. The number of carbonyl (C=O) groups is 5. The van der Waals surface area contributed by atoms with E-state index in [9.17, 15) is 29.1 Å². The zero-order valence-electron chi connectivity index (χ0n) is 33.2. The van der Waals surface area contributed by atoms with E-state index in [1.807, 2.05) is 70.2 Å². The summed E-state index contributed by atoms with van der Waals surface area (Å²) in [6.07, 6.45) is 8.48. The van der Waals surface area contributed by atoms with E-state index in [0.717, 1.165) is 18.4 Å². The highest BCUT2D eigenvalue weighted by Crippen LogP contribution is 2.46. The quantitative estimate of drug-likeness (QED) is 0.166. The van der Waals surface area contributed by atoms with Crippen LogP contribution in [0.2, 0.25) is 0 Å². The maximum Gasteiger partial charge on any atom is 0.407 e. The van der Waals surface area contributed by atoms with Gasteiger partial charge < -0.3 is 45.0 Å². The molecule has 5 N–H and O–H groups in total. The Kier molecular flexibility index (Phi) is 12.2. The molecule has 16 nitrogen and oxygen atoms in total. The number of hydrogen-bond donors (Lipinski definition) is 5. The van der Waals surface area contributed by atoms with Gasteiger partial charge >= 0.3 is 18.2 Å². The average Bonchev–Trinajstić information content (AvgIpc) is 4.05. The van der Waals surface area contributed by atoms with Crippen molar-refractivity contribution in [2.75, 3.05) is 27.3 Å². The van der Waals surface area contributed by atoms with Crippen LogP contribution in [0.15, 0.2) is 60.5 Å². The first-order valence-corrected chi connectivity index (χ1v) is 19.4. The molecule has 3 aliphatic rings. The molecule has 3 aromatic rings. The molecule has 2 aliphatic heterocycles. The molecule has 4 amide bonds. The number of carboxylic acids is 1. The summed E-state index contributed by atoms with van der Waals surface area (Å²) >= 11 is 0. The fraction of sp³-hybridized carbons (Fsp3) is 0.488. The Bertz CT molecular complexity index is 1940. The van der Waals surface area contributed by atoms with Gasteiger partial charge in [0.1, 0.15) is 23.7 Å². The molecule has 0 bridgehead atoms. The van der Waals surface area contributed by atoms with Crippen LogP contribution in [0.3, 0.4) is 0 Å². The summed E-state index contributed by atoms with van der Waals surface area (Å²) < 4.78 is 9.58. The lowest BCUT2D eigenvalue weighted by atomic mass is 9.71. The Hall–Kier alpha value is -5.93. The Balaban J connectivity index is 1.38. The number of benzene rings is 1. The van der Waals surface area contributed by atoms with E-state index < -0.39 is 47.7 Å². The van der Waals surface area contributed by atoms with Gasteiger partial charge in [-0.05, 0) is 48.7 Å². The predicted octanol–water partition coefficient (Wildman–Crippen LogP) is 5.01. The molecule has 2 aromatic heterocycles. The number of hydrogen-bond acceptors (Lipinski definition) is 9. The number of carboxylic acid groups (broad SMARTS) is 1. The van der Waals surface area contributed by atoms with Gasteiger partial charge in [-0.2, -0.15) is 0 Å². The monoisotopic (exact) mass is 784 g/mol. The normalized spacial score (nSPS) is 20.1. The Morgan fingerprint density at radius 2 is 1.26 bits per heavy atom. The molecule has 0 unspecified atom stereocenters. The van der Waals surface area contributed by atoms with E-state index in [0.29, 0.717) is 54.5 Å².